The van der Waals surface area contributed by atoms with Crippen molar-refractivity contribution < 1.29 is 0 Å². The minimum absolute atomic E-state index is 0.0847. The van der Waals surface area contributed by atoms with Crippen molar-refractivity contribution in [3.8, 4) is 0 Å². The summed E-state index contributed by atoms with van der Waals surface area (Å²) in [6, 6.07) is 3.40. The first-order valence-electron chi connectivity index (χ1n) is 4.83. The lowest BCUT2D eigenvalue weighted by Gasteiger charge is -1.96. The van der Waals surface area contributed by atoms with Crippen molar-refractivity contribution in [1.82, 2.24) is 22.5 Å². The van der Waals surface area contributed by atoms with Gasteiger partial charge >= 0.3 is 17.1 Å². The number of hydrogen-bond acceptors (Lipinski definition) is 5. The predicted octanol–water partition coefficient (Wildman–Crippen LogP) is 1.05. The highest BCUT2D eigenvalue weighted by atomic mass is 35.5. The highest BCUT2D eigenvalue weighted by Gasteiger charge is 2.10. The fraction of sp³-hybridized carbons (Fsp3) is 0.125. The third-order valence-electron chi connectivity index (χ3n) is 1.83. The molecular formula is C8H4Cl5N5O3. The third-order valence-corrected chi connectivity index (χ3v) is 3.17. The molecule has 0 saturated carbocycles. The molecule has 0 spiro atoms. The molecule has 0 bridgehead atoms. The van der Waals surface area contributed by atoms with E-state index in [2.05, 4.69) is 10.2 Å². The fourth-order valence-electron chi connectivity index (χ4n) is 0.892. The second kappa shape index (κ2) is 7.81. The lowest BCUT2D eigenvalue weighted by atomic mass is 10.4. The molecule has 0 aliphatic heterocycles. The van der Waals surface area contributed by atoms with Crippen LogP contribution in [0.4, 0.5) is 0 Å². The molecular weight excluding hydrogens is 391 g/mol. The molecule has 0 atom stereocenters. The molecule has 0 N–H and O–H groups in total. The zero-order valence-electron chi connectivity index (χ0n) is 9.71. The Balaban J connectivity index is 0.000000219. The van der Waals surface area contributed by atoms with E-state index in [9.17, 15) is 14.4 Å². The van der Waals surface area contributed by atoms with Crippen LogP contribution < -0.4 is 17.1 Å². The predicted molar refractivity (Wildman–Crippen MR) is 79.6 cm³/mol. The van der Waals surface area contributed by atoms with Crippen LogP contribution in [-0.4, -0.2) is 22.5 Å². The lowest BCUT2D eigenvalue weighted by molar-refractivity contribution is 0.770. The van der Waals surface area contributed by atoms with Crippen molar-refractivity contribution in [2.24, 2.45) is 0 Å². The van der Waals surface area contributed by atoms with Crippen LogP contribution in [0, 0.1) is 0 Å². The van der Waals surface area contributed by atoms with Crippen molar-refractivity contribution in [3.05, 3.63) is 54.4 Å². The molecule has 2 aromatic rings. The lowest BCUT2D eigenvalue weighted by Crippen LogP contribution is -2.47. The number of hydrogen-bond donors (Lipinski definition) is 0. The molecule has 0 unspecified atom stereocenters. The van der Waals surface area contributed by atoms with Gasteiger partial charge in [0.2, 0.25) is 0 Å². The molecule has 0 fully saturated rings. The largest absolute Gasteiger partial charge is 0.366 e. The van der Waals surface area contributed by atoms with E-state index in [1.54, 1.807) is 12.1 Å². The van der Waals surface area contributed by atoms with Gasteiger partial charge in [0.05, 0.1) is 11.6 Å². The summed E-state index contributed by atoms with van der Waals surface area (Å²) in [6.45, 7) is 0. The van der Waals surface area contributed by atoms with E-state index in [0.717, 1.165) is 5.69 Å². The monoisotopic (exact) mass is 393 g/mol. The highest BCUT2D eigenvalue weighted by molar-refractivity contribution is 6.29. The Kier molecular flexibility index (Phi) is 6.69. The van der Waals surface area contributed by atoms with Crippen molar-refractivity contribution in [1.29, 1.82) is 0 Å². The zero-order valence-corrected chi connectivity index (χ0v) is 13.5. The Hall–Kier alpha value is -1.06. The van der Waals surface area contributed by atoms with Crippen molar-refractivity contribution in [2.75, 3.05) is 0 Å². The number of halogens is 5. The van der Waals surface area contributed by atoms with E-state index in [4.69, 9.17) is 58.5 Å². The van der Waals surface area contributed by atoms with Crippen molar-refractivity contribution in [2.45, 2.75) is 5.88 Å². The number of nitrogens with zero attached hydrogens (tertiary/aromatic N) is 5. The first-order valence-corrected chi connectivity index (χ1v) is 6.76. The molecule has 8 nitrogen and oxygen atoms in total. The average molecular weight is 395 g/mol. The maximum Gasteiger partial charge on any atom is 0.366 e. The van der Waals surface area contributed by atoms with Crippen LogP contribution in [0.5, 0.6) is 0 Å². The van der Waals surface area contributed by atoms with Gasteiger partial charge in [-0.05, 0) is 12.1 Å². The summed E-state index contributed by atoms with van der Waals surface area (Å²) in [5.74, 6) is 0.379. The molecule has 0 radical (unpaired) electrons. The van der Waals surface area contributed by atoms with E-state index in [1.165, 1.54) is 0 Å². The topological polar surface area (TPSA) is 91.8 Å². The number of aromatic nitrogens is 5. The molecule has 0 saturated heterocycles. The standard InChI is InChI=1S/C5H4Cl2N2.C3Cl3N3O3/c6-3-4-1-2-5(7)9-8-4;4-7-1(10)8(5)3(12)9(6)2(7)11/h1-2H,3H2;. The van der Waals surface area contributed by atoms with Gasteiger partial charge in [-0.25, -0.2) is 14.4 Å². The molecule has 2 aromatic heterocycles. The van der Waals surface area contributed by atoms with Crippen molar-refractivity contribution in [3.63, 3.8) is 0 Å². The molecule has 0 aliphatic carbocycles. The summed E-state index contributed by atoms with van der Waals surface area (Å²) in [4.78, 5) is 32.3. The third kappa shape index (κ3) is 4.45. The van der Waals surface area contributed by atoms with Crippen LogP contribution in [0.2, 0.25) is 5.15 Å². The normalized spacial score (nSPS) is 9.95. The van der Waals surface area contributed by atoms with Crippen LogP contribution in [0.15, 0.2) is 26.5 Å². The summed E-state index contributed by atoms with van der Waals surface area (Å²) in [5, 5.41) is 7.66. The Bertz CT molecular complexity index is 694. The minimum Gasteiger partial charge on any atom is -0.244 e. The fourth-order valence-corrected chi connectivity index (χ4v) is 1.70. The first kappa shape index (κ1) is 18.0. The molecule has 114 valence electrons. The van der Waals surface area contributed by atoms with E-state index in [-0.39, 0.29) is 12.3 Å². The highest BCUT2D eigenvalue weighted by Crippen LogP contribution is 2.03. The summed E-state index contributed by atoms with van der Waals surface area (Å²) >= 11 is 26.2. The maximum atomic E-state index is 10.8. The second-order valence-electron chi connectivity index (χ2n) is 3.17. The average Bonchev–Trinajstić information content (AvgIpc) is 2.50. The van der Waals surface area contributed by atoms with Crippen LogP contribution in [-0.2, 0) is 5.88 Å². The van der Waals surface area contributed by atoms with Gasteiger partial charge in [-0.15, -0.1) is 29.0 Å². The van der Waals surface area contributed by atoms with Gasteiger partial charge in [0.1, 0.15) is 0 Å². The molecule has 2 rings (SSSR count). The van der Waals surface area contributed by atoms with Crippen molar-refractivity contribution >= 4 is 58.5 Å². The molecule has 0 aliphatic rings. The van der Waals surface area contributed by atoms with Gasteiger partial charge in [0.25, 0.3) is 0 Å². The minimum atomic E-state index is -1.16. The SMILES string of the molecule is ClCc1ccc(Cl)nn1.O=c1n(Cl)c(=O)n(Cl)c(=O)n1Cl. The van der Waals surface area contributed by atoms with E-state index in [1.807, 2.05) is 0 Å². The van der Waals surface area contributed by atoms with Crippen LogP contribution in [0.25, 0.3) is 0 Å². The van der Waals surface area contributed by atoms with E-state index in [0.29, 0.717) is 11.0 Å². The number of rotatable bonds is 1. The second-order valence-corrected chi connectivity index (χ2v) is 4.84. The quantitative estimate of drug-likeness (QED) is 0.673. The summed E-state index contributed by atoms with van der Waals surface area (Å²) in [6.07, 6.45) is 0. The smallest absolute Gasteiger partial charge is 0.244 e. The zero-order chi connectivity index (χ0) is 16.2. The Morgan fingerprint density at radius 2 is 1.29 bits per heavy atom. The van der Waals surface area contributed by atoms with Gasteiger partial charge in [-0.2, -0.15) is 5.10 Å². The van der Waals surface area contributed by atoms with E-state index >= 15 is 0 Å². The summed E-state index contributed by atoms with van der Waals surface area (Å²) in [7, 11) is 0. The maximum absolute atomic E-state index is 10.8. The Morgan fingerprint density at radius 3 is 1.57 bits per heavy atom. The summed E-state index contributed by atoms with van der Waals surface area (Å²) in [5.41, 5.74) is -2.75. The molecule has 0 amide bonds. The molecule has 21 heavy (non-hydrogen) atoms. The number of alkyl halides is 1. The van der Waals surface area contributed by atoms with Gasteiger partial charge in [-0.3, -0.25) is 0 Å². The Morgan fingerprint density at radius 1 is 0.857 bits per heavy atom. The van der Waals surface area contributed by atoms with Crippen LogP contribution >= 0.6 is 58.5 Å². The molecule has 0 aromatic carbocycles. The first-order chi connectivity index (χ1) is 9.79. The van der Waals surface area contributed by atoms with Gasteiger partial charge < -0.3 is 0 Å². The molecule has 2 heterocycles. The summed E-state index contributed by atoms with van der Waals surface area (Å²) < 4.78 is 0.254. The van der Waals surface area contributed by atoms with E-state index < -0.39 is 17.1 Å². The van der Waals surface area contributed by atoms with Gasteiger partial charge in [0, 0.05) is 35.3 Å². The van der Waals surface area contributed by atoms with Gasteiger partial charge in [-0.1, -0.05) is 11.6 Å². The van der Waals surface area contributed by atoms with Crippen LogP contribution in [0.3, 0.4) is 0 Å². The Labute approximate surface area is 141 Å². The van der Waals surface area contributed by atoms with Crippen LogP contribution in [0.1, 0.15) is 5.69 Å². The molecule has 13 heteroatoms. The van der Waals surface area contributed by atoms with Gasteiger partial charge in [0.15, 0.2) is 5.15 Å².